The smallest absolute Gasteiger partial charge is 0.170 e. The molecule has 0 saturated heterocycles. The molecule has 1 aromatic heterocycles. The third-order valence-corrected chi connectivity index (χ3v) is 3.11. The van der Waals surface area contributed by atoms with Gasteiger partial charge in [-0.3, -0.25) is 0 Å². The number of nitrogens with one attached hydrogen (secondary N) is 1. The van der Waals surface area contributed by atoms with Crippen molar-refractivity contribution in [3.63, 3.8) is 0 Å². The molecule has 1 atom stereocenters. The number of fused-ring (bicyclic) bond motifs is 1. The standard InChI is InChI=1S/C15H19F2NO/c1-5-18-14(15(2,3)4)12-7-9-6-10(16)8-11(17)13(9)19-12/h6-8,14,18H,5H2,1-4H3. The van der Waals surface area contributed by atoms with Gasteiger partial charge in [0.05, 0.1) is 6.04 Å². The van der Waals surface area contributed by atoms with Crippen LogP contribution in [0.4, 0.5) is 8.78 Å². The second kappa shape index (κ2) is 4.93. The lowest BCUT2D eigenvalue weighted by molar-refractivity contribution is 0.244. The maximum atomic E-state index is 13.7. The monoisotopic (exact) mass is 267 g/mol. The van der Waals surface area contributed by atoms with E-state index in [0.29, 0.717) is 11.1 Å². The Kier molecular flexibility index (Phi) is 3.63. The van der Waals surface area contributed by atoms with Crippen molar-refractivity contribution in [2.24, 2.45) is 5.41 Å². The van der Waals surface area contributed by atoms with Crippen LogP contribution in [0.3, 0.4) is 0 Å². The summed E-state index contributed by atoms with van der Waals surface area (Å²) in [6.07, 6.45) is 0. The first kappa shape index (κ1) is 14.0. The zero-order valence-electron chi connectivity index (χ0n) is 11.7. The van der Waals surface area contributed by atoms with Gasteiger partial charge in [0.15, 0.2) is 11.4 Å². The average Bonchev–Trinajstić information content (AvgIpc) is 2.67. The molecule has 0 bridgehead atoms. The Morgan fingerprint density at radius 2 is 1.89 bits per heavy atom. The van der Waals surface area contributed by atoms with Gasteiger partial charge < -0.3 is 9.73 Å². The van der Waals surface area contributed by atoms with Crippen molar-refractivity contribution < 1.29 is 13.2 Å². The van der Waals surface area contributed by atoms with Gasteiger partial charge in [-0.2, -0.15) is 0 Å². The van der Waals surface area contributed by atoms with E-state index >= 15 is 0 Å². The zero-order chi connectivity index (χ0) is 14.2. The minimum atomic E-state index is -0.662. The van der Waals surface area contributed by atoms with E-state index in [1.807, 2.05) is 6.92 Å². The number of benzene rings is 1. The SMILES string of the molecule is CCNC(c1cc2cc(F)cc(F)c2o1)C(C)(C)C. The first-order valence-corrected chi connectivity index (χ1v) is 6.44. The summed E-state index contributed by atoms with van der Waals surface area (Å²) in [6, 6.07) is 3.79. The minimum absolute atomic E-state index is 0.0487. The van der Waals surface area contributed by atoms with Gasteiger partial charge in [-0.1, -0.05) is 27.7 Å². The summed E-state index contributed by atoms with van der Waals surface area (Å²) in [7, 11) is 0. The van der Waals surface area contributed by atoms with Crippen LogP contribution in [0.25, 0.3) is 11.0 Å². The van der Waals surface area contributed by atoms with Gasteiger partial charge in [0.1, 0.15) is 11.6 Å². The maximum absolute atomic E-state index is 13.7. The summed E-state index contributed by atoms with van der Waals surface area (Å²) < 4.78 is 32.4. The van der Waals surface area contributed by atoms with Crippen molar-refractivity contribution in [1.29, 1.82) is 0 Å². The van der Waals surface area contributed by atoms with Crippen molar-refractivity contribution in [2.75, 3.05) is 6.54 Å². The van der Waals surface area contributed by atoms with E-state index in [1.165, 1.54) is 6.07 Å². The fraction of sp³-hybridized carbons (Fsp3) is 0.467. The van der Waals surface area contributed by atoms with Crippen LogP contribution in [-0.4, -0.2) is 6.54 Å². The Bertz CT molecular complexity index is 584. The molecule has 0 radical (unpaired) electrons. The quantitative estimate of drug-likeness (QED) is 0.891. The first-order valence-electron chi connectivity index (χ1n) is 6.44. The van der Waals surface area contributed by atoms with Crippen molar-refractivity contribution in [3.8, 4) is 0 Å². The summed E-state index contributed by atoms with van der Waals surface area (Å²) in [4.78, 5) is 0. The second-order valence-electron chi connectivity index (χ2n) is 5.81. The molecule has 0 aliphatic carbocycles. The molecule has 1 unspecified atom stereocenters. The highest BCUT2D eigenvalue weighted by molar-refractivity contribution is 5.78. The fourth-order valence-corrected chi connectivity index (χ4v) is 2.28. The molecule has 19 heavy (non-hydrogen) atoms. The van der Waals surface area contributed by atoms with E-state index in [0.717, 1.165) is 12.6 Å². The lowest BCUT2D eigenvalue weighted by Crippen LogP contribution is -2.31. The van der Waals surface area contributed by atoms with Gasteiger partial charge in [-0.05, 0) is 24.1 Å². The molecule has 0 amide bonds. The van der Waals surface area contributed by atoms with Crippen molar-refractivity contribution in [1.82, 2.24) is 5.32 Å². The third kappa shape index (κ3) is 2.78. The molecule has 0 fully saturated rings. The van der Waals surface area contributed by atoms with E-state index in [4.69, 9.17) is 4.42 Å². The Hall–Kier alpha value is -1.42. The average molecular weight is 267 g/mol. The molecular formula is C15H19F2NO. The van der Waals surface area contributed by atoms with Gasteiger partial charge in [-0.15, -0.1) is 0 Å². The molecule has 0 aliphatic heterocycles. The summed E-state index contributed by atoms with van der Waals surface area (Å²) in [5.41, 5.74) is 0.0300. The highest BCUT2D eigenvalue weighted by Gasteiger charge is 2.29. The van der Waals surface area contributed by atoms with E-state index in [2.05, 4.69) is 26.1 Å². The van der Waals surface area contributed by atoms with Gasteiger partial charge >= 0.3 is 0 Å². The van der Waals surface area contributed by atoms with Crippen LogP contribution in [0.1, 0.15) is 39.5 Å². The summed E-state index contributed by atoms with van der Waals surface area (Å²) in [5, 5.41) is 3.78. The first-order chi connectivity index (χ1) is 8.82. The topological polar surface area (TPSA) is 25.2 Å². The molecule has 2 nitrogen and oxygen atoms in total. The molecule has 1 heterocycles. The second-order valence-corrected chi connectivity index (χ2v) is 5.81. The third-order valence-electron chi connectivity index (χ3n) is 3.11. The molecule has 0 saturated carbocycles. The van der Waals surface area contributed by atoms with E-state index in [9.17, 15) is 8.78 Å². The molecule has 2 aromatic rings. The van der Waals surface area contributed by atoms with Crippen LogP contribution >= 0.6 is 0 Å². The lowest BCUT2D eigenvalue weighted by atomic mass is 9.85. The Balaban J connectivity index is 2.52. The number of rotatable bonds is 3. The van der Waals surface area contributed by atoms with Crippen LogP contribution in [0.15, 0.2) is 22.6 Å². The summed E-state index contributed by atoms with van der Waals surface area (Å²) in [6.45, 7) is 9.00. The van der Waals surface area contributed by atoms with E-state index in [-0.39, 0.29) is 17.0 Å². The Labute approximate surface area is 111 Å². The molecule has 4 heteroatoms. The predicted molar refractivity (Wildman–Crippen MR) is 72.0 cm³/mol. The minimum Gasteiger partial charge on any atom is -0.456 e. The van der Waals surface area contributed by atoms with Crippen LogP contribution in [0.2, 0.25) is 0 Å². The maximum Gasteiger partial charge on any atom is 0.170 e. The number of hydrogen-bond acceptors (Lipinski definition) is 2. The molecule has 1 N–H and O–H groups in total. The number of hydrogen-bond donors (Lipinski definition) is 1. The van der Waals surface area contributed by atoms with Gasteiger partial charge in [0.2, 0.25) is 0 Å². The predicted octanol–water partition coefficient (Wildman–Crippen LogP) is 4.41. The highest BCUT2D eigenvalue weighted by atomic mass is 19.1. The van der Waals surface area contributed by atoms with Crippen molar-refractivity contribution >= 4 is 11.0 Å². The Morgan fingerprint density at radius 1 is 1.21 bits per heavy atom. The largest absolute Gasteiger partial charge is 0.456 e. The summed E-state index contributed by atoms with van der Waals surface area (Å²) >= 11 is 0. The van der Waals surface area contributed by atoms with Gasteiger partial charge in [0, 0.05) is 11.5 Å². The Morgan fingerprint density at radius 3 is 2.47 bits per heavy atom. The van der Waals surface area contributed by atoms with Crippen LogP contribution in [0.5, 0.6) is 0 Å². The van der Waals surface area contributed by atoms with Gasteiger partial charge in [0.25, 0.3) is 0 Å². The fourth-order valence-electron chi connectivity index (χ4n) is 2.28. The number of halogens is 2. The van der Waals surface area contributed by atoms with E-state index in [1.54, 1.807) is 6.07 Å². The molecule has 1 aromatic carbocycles. The summed E-state index contributed by atoms with van der Waals surface area (Å²) in [5.74, 6) is -0.618. The van der Waals surface area contributed by atoms with Crippen molar-refractivity contribution in [3.05, 3.63) is 35.6 Å². The molecule has 2 rings (SSSR count). The zero-order valence-corrected chi connectivity index (χ0v) is 11.7. The lowest BCUT2D eigenvalue weighted by Gasteiger charge is -2.29. The molecular weight excluding hydrogens is 248 g/mol. The normalized spacial score (nSPS) is 14.0. The van der Waals surface area contributed by atoms with Crippen LogP contribution < -0.4 is 5.32 Å². The van der Waals surface area contributed by atoms with E-state index < -0.39 is 11.6 Å². The van der Waals surface area contributed by atoms with Crippen molar-refractivity contribution in [2.45, 2.75) is 33.7 Å². The van der Waals surface area contributed by atoms with Crippen LogP contribution in [0, 0.1) is 17.0 Å². The molecule has 0 spiro atoms. The molecule has 0 aliphatic rings. The molecule has 104 valence electrons. The number of furan rings is 1. The van der Waals surface area contributed by atoms with Gasteiger partial charge in [-0.25, -0.2) is 8.78 Å². The van der Waals surface area contributed by atoms with Crippen LogP contribution in [-0.2, 0) is 0 Å². The highest BCUT2D eigenvalue weighted by Crippen LogP contribution is 2.36.